The van der Waals surface area contributed by atoms with E-state index in [1.165, 1.54) is 43.8 Å². The van der Waals surface area contributed by atoms with Gasteiger partial charge >= 0.3 is 5.97 Å². The van der Waals surface area contributed by atoms with Crippen LogP contribution in [0.25, 0.3) is 16.3 Å². The summed E-state index contributed by atoms with van der Waals surface area (Å²) in [6, 6.07) is 13.4. The van der Waals surface area contributed by atoms with E-state index in [1.807, 2.05) is 17.5 Å². The molecule has 0 aliphatic carbocycles. The maximum atomic E-state index is 13.1. The maximum Gasteiger partial charge on any atom is 0.334 e. The number of benzene rings is 2. The van der Waals surface area contributed by atoms with E-state index in [0.717, 1.165) is 16.3 Å². The summed E-state index contributed by atoms with van der Waals surface area (Å²) in [6.07, 6.45) is 1.26. The molecule has 2 aromatic carbocycles. The number of rotatable bonds is 7. The van der Waals surface area contributed by atoms with Crippen molar-refractivity contribution in [2.24, 2.45) is 0 Å². The fraction of sp³-hybridized carbons (Fsp3) is 0.143. The van der Waals surface area contributed by atoms with Crippen LogP contribution in [0.4, 0.5) is 4.39 Å². The number of aromatic nitrogens is 1. The van der Waals surface area contributed by atoms with Gasteiger partial charge in [-0.25, -0.2) is 14.2 Å². The Hall–Kier alpha value is -3.19. The van der Waals surface area contributed by atoms with E-state index in [9.17, 15) is 9.18 Å². The Morgan fingerprint density at radius 2 is 1.86 bits per heavy atom. The standard InChI is InChI=1S/C21H18FNO4S/c1-25-19(11-20(24)26-2)17-5-3-4-6-18(17)27-12-16-13-28-21(23-16)14-7-9-15(22)10-8-14/h3-11,13H,12H2,1-2H3/b19-11+. The number of para-hydroxylation sites is 1. The van der Waals surface area contributed by atoms with Crippen molar-refractivity contribution < 1.29 is 23.4 Å². The molecule has 5 nitrogen and oxygen atoms in total. The first-order valence-corrected chi connectivity index (χ1v) is 9.25. The van der Waals surface area contributed by atoms with Gasteiger partial charge in [0, 0.05) is 10.9 Å². The van der Waals surface area contributed by atoms with Crippen LogP contribution < -0.4 is 4.74 Å². The van der Waals surface area contributed by atoms with E-state index in [1.54, 1.807) is 24.3 Å². The Bertz CT molecular complexity index is 982. The predicted octanol–water partition coefficient (Wildman–Crippen LogP) is 4.69. The molecule has 0 saturated carbocycles. The number of nitrogens with zero attached hydrogens (tertiary/aromatic N) is 1. The molecule has 0 atom stereocenters. The lowest BCUT2D eigenvalue weighted by molar-refractivity contribution is -0.134. The zero-order chi connectivity index (χ0) is 19.9. The predicted molar refractivity (Wildman–Crippen MR) is 105 cm³/mol. The molecule has 0 spiro atoms. The Labute approximate surface area is 166 Å². The van der Waals surface area contributed by atoms with Crippen LogP contribution in [0.1, 0.15) is 11.3 Å². The zero-order valence-corrected chi connectivity index (χ0v) is 16.2. The molecule has 1 aromatic heterocycles. The van der Waals surface area contributed by atoms with Gasteiger partial charge in [0.15, 0.2) is 0 Å². The zero-order valence-electron chi connectivity index (χ0n) is 15.3. The van der Waals surface area contributed by atoms with Gasteiger partial charge in [-0.3, -0.25) is 0 Å². The van der Waals surface area contributed by atoms with Gasteiger partial charge in [-0.05, 0) is 36.4 Å². The molecular formula is C21H18FNO4S. The van der Waals surface area contributed by atoms with Gasteiger partial charge < -0.3 is 14.2 Å². The van der Waals surface area contributed by atoms with Crippen molar-refractivity contribution in [1.29, 1.82) is 0 Å². The summed E-state index contributed by atoms with van der Waals surface area (Å²) in [6.45, 7) is 0.240. The van der Waals surface area contributed by atoms with Crippen molar-refractivity contribution >= 4 is 23.1 Å². The van der Waals surface area contributed by atoms with Gasteiger partial charge in [0.05, 0.1) is 31.6 Å². The molecule has 0 fully saturated rings. The highest BCUT2D eigenvalue weighted by atomic mass is 32.1. The number of halogens is 1. The van der Waals surface area contributed by atoms with E-state index in [4.69, 9.17) is 9.47 Å². The van der Waals surface area contributed by atoms with Crippen LogP contribution in [0.5, 0.6) is 5.75 Å². The van der Waals surface area contributed by atoms with Crippen LogP contribution in [0.2, 0.25) is 0 Å². The van der Waals surface area contributed by atoms with Crippen molar-refractivity contribution in [3.63, 3.8) is 0 Å². The second-order valence-electron chi connectivity index (χ2n) is 5.67. The van der Waals surface area contributed by atoms with Crippen molar-refractivity contribution in [3.05, 3.63) is 77.1 Å². The first-order valence-electron chi connectivity index (χ1n) is 8.37. The van der Waals surface area contributed by atoms with Gasteiger partial charge in [0.25, 0.3) is 0 Å². The summed E-state index contributed by atoms with van der Waals surface area (Å²) in [7, 11) is 2.77. The van der Waals surface area contributed by atoms with Crippen LogP contribution in [0.15, 0.2) is 60.0 Å². The molecule has 0 saturated heterocycles. The molecule has 28 heavy (non-hydrogen) atoms. The number of carbonyl (C=O) groups excluding carboxylic acids is 1. The normalized spacial score (nSPS) is 11.2. The number of hydrogen-bond acceptors (Lipinski definition) is 6. The summed E-state index contributed by atoms with van der Waals surface area (Å²) >= 11 is 1.46. The van der Waals surface area contributed by atoms with E-state index in [-0.39, 0.29) is 12.4 Å². The van der Waals surface area contributed by atoms with Gasteiger partial charge in [-0.1, -0.05) is 12.1 Å². The lowest BCUT2D eigenvalue weighted by Crippen LogP contribution is -2.02. The molecule has 7 heteroatoms. The minimum atomic E-state index is -0.518. The Morgan fingerprint density at radius 1 is 1.11 bits per heavy atom. The summed E-state index contributed by atoms with van der Waals surface area (Å²) in [4.78, 5) is 16.1. The average Bonchev–Trinajstić information content (AvgIpc) is 3.20. The van der Waals surface area contributed by atoms with E-state index < -0.39 is 5.97 Å². The van der Waals surface area contributed by atoms with Crippen molar-refractivity contribution in [1.82, 2.24) is 4.98 Å². The third-order valence-electron chi connectivity index (χ3n) is 3.84. The van der Waals surface area contributed by atoms with Crippen LogP contribution in [0, 0.1) is 5.82 Å². The maximum absolute atomic E-state index is 13.1. The van der Waals surface area contributed by atoms with Gasteiger partial charge in [-0.15, -0.1) is 11.3 Å². The van der Waals surface area contributed by atoms with Crippen LogP contribution in [-0.4, -0.2) is 25.2 Å². The van der Waals surface area contributed by atoms with Gasteiger partial charge in [-0.2, -0.15) is 0 Å². The SMILES string of the molecule is COC(=O)/C=C(/OC)c1ccccc1OCc1csc(-c2ccc(F)cc2)n1. The summed E-state index contributed by atoms with van der Waals surface area (Å²) in [5.41, 5.74) is 2.22. The molecule has 0 aliphatic heterocycles. The molecule has 1 heterocycles. The highest BCUT2D eigenvalue weighted by molar-refractivity contribution is 7.13. The number of hydrogen-bond donors (Lipinski definition) is 0. The minimum absolute atomic E-state index is 0.240. The second-order valence-corrected chi connectivity index (χ2v) is 6.53. The van der Waals surface area contributed by atoms with Crippen molar-refractivity contribution in [2.45, 2.75) is 6.61 Å². The van der Waals surface area contributed by atoms with Gasteiger partial charge in [0.2, 0.25) is 0 Å². The molecule has 0 amide bonds. The Balaban J connectivity index is 1.76. The molecule has 3 aromatic rings. The van der Waals surface area contributed by atoms with Crippen LogP contribution in [0.3, 0.4) is 0 Å². The molecule has 0 bridgehead atoms. The average molecular weight is 399 g/mol. The topological polar surface area (TPSA) is 57.7 Å². The van der Waals surface area contributed by atoms with Crippen LogP contribution in [-0.2, 0) is 20.9 Å². The monoisotopic (exact) mass is 399 g/mol. The van der Waals surface area contributed by atoms with Gasteiger partial charge in [0.1, 0.15) is 28.9 Å². The molecule has 0 aliphatic rings. The summed E-state index contributed by atoms with van der Waals surface area (Å²) < 4.78 is 28.9. The van der Waals surface area contributed by atoms with Crippen LogP contribution >= 0.6 is 11.3 Å². The fourth-order valence-electron chi connectivity index (χ4n) is 2.46. The van der Waals surface area contributed by atoms with Crippen molar-refractivity contribution in [2.75, 3.05) is 14.2 Å². The summed E-state index contributed by atoms with van der Waals surface area (Å²) in [5.74, 6) is 0.0908. The summed E-state index contributed by atoms with van der Waals surface area (Å²) in [5, 5.41) is 2.68. The van der Waals surface area contributed by atoms with E-state index >= 15 is 0 Å². The third-order valence-corrected chi connectivity index (χ3v) is 4.78. The molecule has 0 radical (unpaired) electrons. The highest BCUT2D eigenvalue weighted by Crippen LogP contribution is 2.28. The number of ether oxygens (including phenoxy) is 3. The molecule has 0 unspecified atom stereocenters. The smallest absolute Gasteiger partial charge is 0.334 e. The number of esters is 1. The number of methoxy groups -OCH3 is 2. The first kappa shape index (κ1) is 19.6. The number of thiazole rings is 1. The highest BCUT2D eigenvalue weighted by Gasteiger charge is 2.12. The number of carbonyl (C=O) groups is 1. The van der Waals surface area contributed by atoms with E-state index in [0.29, 0.717) is 17.1 Å². The molecule has 0 N–H and O–H groups in total. The third kappa shape index (κ3) is 4.75. The fourth-order valence-corrected chi connectivity index (χ4v) is 3.27. The molecule has 3 rings (SSSR count). The minimum Gasteiger partial charge on any atom is -0.496 e. The first-order chi connectivity index (χ1) is 13.6. The second kappa shape index (κ2) is 9.14. The largest absolute Gasteiger partial charge is 0.496 e. The lowest BCUT2D eigenvalue weighted by atomic mass is 10.1. The van der Waals surface area contributed by atoms with E-state index in [2.05, 4.69) is 9.72 Å². The Morgan fingerprint density at radius 3 is 2.57 bits per heavy atom. The Kier molecular flexibility index (Phi) is 6.39. The molecular weight excluding hydrogens is 381 g/mol. The van der Waals surface area contributed by atoms with Crippen molar-refractivity contribution in [3.8, 4) is 16.3 Å². The lowest BCUT2D eigenvalue weighted by Gasteiger charge is -2.12. The molecule has 144 valence electrons. The quantitative estimate of drug-likeness (QED) is 0.328.